The van der Waals surface area contributed by atoms with Crippen LogP contribution >= 0.6 is 0 Å². The molecule has 0 bridgehead atoms. The number of carbonyl (C=O) groups excluding carboxylic acids is 1. The molecule has 0 amide bonds. The highest BCUT2D eigenvalue weighted by Gasteiger charge is 2.22. The Labute approximate surface area is 116 Å². The Morgan fingerprint density at radius 1 is 1.26 bits per heavy atom. The molecule has 0 rings (SSSR count). The molecule has 0 unspecified atom stereocenters. The van der Waals surface area contributed by atoms with Gasteiger partial charge in [0.25, 0.3) is 0 Å². The van der Waals surface area contributed by atoms with Crippen molar-refractivity contribution in [3.63, 3.8) is 0 Å². The van der Waals surface area contributed by atoms with Crippen molar-refractivity contribution in [3.05, 3.63) is 0 Å². The SMILES string of the molecule is COCCN(CC(C)C)S(=O)(=O)CCCC(=O)OC. The van der Waals surface area contributed by atoms with Gasteiger partial charge in [-0.2, -0.15) is 4.31 Å². The van der Waals surface area contributed by atoms with E-state index >= 15 is 0 Å². The van der Waals surface area contributed by atoms with E-state index < -0.39 is 10.0 Å². The van der Waals surface area contributed by atoms with Crippen molar-refractivity contribution >= 4 is 16.0 Å². The molecular weight excluding hydrogens is 270 g/mol. The van der Waals surface area contributed by atoms with Gasteiger partial charge < -0.3 is 9.47 Å². The average molecular weight is 295 g/mol. The molecule has 0 saturated heterocycles. The lowest BCUT2D eigenvalue weighted by Crippen LogP contribution is -2.38. The fourth-order valence-electron chi connectivity index (χ4n) is 1.57. The standard InChI is InChI=1S/C12H25NO5S/c1-11(2)10-13(7-8-17-3)19(15,16)9-5-6-12(14)18-4/h11H,5-10H2,1-4H3. The lowest BCUT2D eigenvalue weighted by Gasteiger charge is -2.23. The molecular formula is C12H25NO5S. The first-order valence-corrected chi connectivity index (χ1v) is 7.98. The number of sulfonamides is 1. The maximum Gasteiger partial charge on any atom is 0.305 e. The summed E-state index contributed by atoms with van der Waals surface area (Å²) in [5, 5.41) is 0. The van der Waals surface area contributed by atoms with Crippen LogP contribution in [0, 0.1) is 5.92 Å². The molecule has 0 aliphatic rings. The summed E-state index contributed by atoms with van der Waals surface area (Å²) in [5.41, 5.74) is 0. The maximum atomic E-state index is 12.2. The van der Waals surface area contributed by atoms with Gasteiger partial charge in [0.05, 0.1) is 19.5 Å². The van der Waals surface area contributed by atoms with Crippen molar-refractivity contribution < 1.29 is 22.7 Å². The molecule has 0 heterocycles. The van der Waals surface area contributed by atoms with Gasteiger partial charge in [-0.25, -0.2) is 8.42 Å². The first kappa shape index (κ1) is 18.3. The van der Waals surface area contributed by atoms with Crippen LogP contribution in [0.15, 0.2) is 0 Å². The molecule has 0 saturated carbocycles. The third-order valence-corrected chi connectivity index (χ3v) is 4.44. The van der Waals surface area contributed by atoms with Crippen molar-refractivity contribution in [3.8, 4) is 0 Å². The molecule has 6 nitrogen and oxygen atoms in total. The Kier molecular flexibility index (Phi) is 8.95. The Hall–Kier alpha value is -0.660. The first-order valence-electron chi connectivity index (χ1n) is 6.37. The summed E-state index contributed by atoms with van der Waals surface area (Å²) in [6.07, 6.45) is 0.395. The summed E-state index contributed by atoms with van der Waals surface area (Å²) < 4.78 is 35.2. The van der Waals surface area contributed by atoms with Crippen molar-refractivity contribution in [2.75, 3.05) is 39.7 Å². The van der Waals surface area contributed by atoms with Crippen LogP contribution in [0.2, 0.25) is 0 Å². The number of rotatable bonds is 10. The minimum atomic E-state index is -3.35. The Balaban J connectivity index is 4.46. The number of esters is 1. The second-order valence-electron chi connectivity index (χ2n) is 4.74. The lowest BCUT2D eigenvalue weighted by atomic mass is 10.2. The van der Waals surface area contributed by atoms with Gasteiger partial charge in [0.15, 0.2) is 0 Å². The fraction of sp³-hybridized carbons (Fsp3) is 0.917. The molecule has 0 aromatic carbocycles. The number of hydrogen-bond acceptors (Lipinski definition) is 5. The fourth-order valence-corrected chi connectivity index (χ4v) is 3.22. The van der Waals surface area contributed by atoms with Crippen molar-refractivity contribution in [2.24, 2.45) is 5.92 Å². The highest BCUT2D eigenvalue weighted by molar-refractivity contribution is 7.89. The Bertz CT molecular complexity index is 353. The van der Waals surface area contributed by atoms with Gasteiger partial charge in [0, 0.05) is 26.6 Å². The van der Waals surface area contributed by atoms with Crippen LogP contribution in [0.1, 0.15) is 26.7 Å². The molecule has 7 heteroatoms. The molecule has 0 aromatic heterocycles. The summed E-state index contributed by atoms with van der Waals surface area (Å²) >= 11 is 0. The molecule has 0 aromatic rings. The van der Waals surface area contributed by atoms with Crippen molar-refractivity contribution in [1.82, 2.24) is 4.31 Å². The summed E-state index contributed by atoms with van der Waals surface area (Å²) in [7, 11) is -0.517. The van der Waals surface area contributed by atoms with E-state index in [0.29, 0.717) is 19.7 Å². The molecule has 114 valence electrons. The van der Waals surface area contributed by atoms with E-state index in [-0.39, 0.29) is 30.5 Å². The first-order chi connectivity index (χ1) is 8.83. The quantitative estimate of drug-likeness (QED) is 0.559. The van der Waals surface area contributed by atoms with Crippen LogP contribution in [0.5, 0.6) is 0 Å². The van der Waals surface area contributed by atoms with Crippen LogP contribution in [0.4, 0.5) is 0 Å². The minimum absolute atomic E-state index is 0.0431. The highest BCUT2D eigenvalue weighted by Crippen LogP contribution is 2.09. The smallest absolute Gasteiger partial charge is 0.305 e. The van der Waals surface area contributed by atoms with Gasteiger partial charge >= 0.3 is 5.97 Å². The van der Waals surface area contributed by atoms with E-state index in [9.17, 15) is 13.2 Å². The zero-order valence-corrected chi connectivity index (χ0v) is 13.0. The average Bonchev–Trinajstić information content (AvgIpc) is 2.33. The number of methoxy groups -OCH3 is 2. The van der Waals surface area contributed by atoms with Gasteiger partial charge in [-0.1, -0.05) is 13.8 Å². The molecule has 0 atom stereocenters. The van der Waals surface area contributed by atoms with E-state index in [2.05, 4.69) is 4.74 Å². The number of carbonyl (C=O) groups is 1. The van der Waals surface area contributed by atoms with Crippen LogP contribution in [-0.2, 0) is 24.3 Å². The topological polar surface area (TPSA) is 72.9 Å². The van der Waals surface area contributed by atoms with E-state index in [1.807, 2.05) is 13.8 Å². The van der Waals surface area contributed by atoms with Gasteiger partial charge in [0.2, 0.25) is 10.0 Å². The van der Waals surface area contributed by atoms with E-state index in [1.54, 1.807) is 0 Å². The largest absolute Gasteiger partial charge is 0.469 e. The second kappa shape index (κ2) is 9.28. The molecule has 0 radical (unpaired) electrons. The zero-order valence-electron chi connectivity index (χ0n) is 12.2. The van der Waals surface area contributed by atoms with Crippen LogP contribution in [0.25, 0.3) is 0 Å². The lowest BCUT2D eigenvalue weighted by molar-refractivity contribution is -0.140. The van der Waals surface area contributed by atoms with E-state index in [1.165, 1.54) is 18.5 Å². The number of hydrogen-bond donors (Lipinski definition) is 0. The minimum Gasteiger partial charge on any atom is -0.469 e. The Morgan fingerprint density at radius 3 is 2.37 bits per heavy atom. The highest BCUT2D eigenvalue weighted by atomic mass is 32.2. The molecule has 0 spiro atoms. The second-order valence-corrected chi connectivity index (χ2v) is 6.83. The van der Waals surface area contributed by atoms with Gasteiger partial charge in [-0.15, -0.1) is 0 Å². The van der Waals surface area contributed by atoms with Gasteiger partial charge in [-0.05, 0) is 12.3 Å². The summed E-state index contributed by atoms with van der Waals surface area (Å²) in [5.74, 6) is -0.187. The van der Waals surface area contributed by atoms with Crippen LogP contribution in [0.3, 0.4) is 0 Å². The monoisotopic (exact) mass is 295 g/mol. The number of ether oxygens (including phenoxy) is 2. The Morgan fingerprint density at radius 2 is 1.89 bits per heavy atom. The predicted octanol–water partition coefficient (Wildman–Crippen LogP) is 0.874. The number of nitrogens with zero attached hydrogens (tertiary/aromatic N) is 1. The summed E-state index contributed by atoms with van der Waals surface area (Å²) in [4.78, 5) is 11.0. The van der Waals surface area contributed by atoms with E-state index in [4.69, 9.17) is 4.74 Å². The van der Waals surface area contributed by atoms with Crippen molar-refractivity contribution in [2.45, 2.75) is 26.7 Å². The van der Waals surface area contributed by atoms with Crippen LogP contribution in [-0.4, -0.2) is 58.4 Å². The molecule has 0 aliphatic heterocycles. The normalized spacial score (nSPS) is 12.1. The molecule has 0 fully saturated rings. The van der Waals surface area contributed by atoms with E-state index in [0.717, 1.165) is 0 Å². The summed E-state index contributed by atoms with van der Waals surface area (Å²) in [6, 6.07) is 0. The van der Waals surface area contributed by atoms with Crippen LogP contribution < -0.4 is 0 Å². The molecule has 19 heavy (non-hydrogen) atoms. The molecule has 0 N–H and O–H groups in total. The van der Waals surface area contributed by atoms with Gasteiger partial charge in [0.1, 0.15) is 0 Å². The molecule has 0 aliphatic carbocycles. The zero-order chi connectivity index (χ0) is 14.9. The predicted molar refractivity (Wildman–Crippen MR) is 73.3 cm³/mol. The summed E-state index contributed by atoms with van der Waals surface area (Å²) in [6.45, 7) is 5.09. The van der Waals surface area contributed by atoms with Gasteiger partial charge in [-0.3, -0.25) is 4.79 Å². The van der Waals surface area contributed by atoms with Crippen molar-refractivity contribution in [1.29, 1.82) is 0 Å². The third-order valence-electron chi connectivity index (χ3n) is 2.52. The third kappa shape index (κ3) is 8.18. The maximum absolute atomic E-state index is 12.2.